The maximum atomic E-state index is 12.0. The fraction of sp³-hybridized carbons (Fsp3) is 0.545. The minimum absolute atomic E-state index is 0.0507. The molecule has 0 aliphatic rings. The lowest BCUT2D eigenvalue weighted by molar-refractivity contribution is 0.0719. The van der Waals surface area contributed by atoms with Crippen LogP contribution in [0.3, 0.4) is 0 Å². The van der Waals surface area contributed by atoms with Crippen molar-refractivity contribution in [1.29, 1.82) is 0 Å². The van der Waals surface area contributed by atoms with Crippen LogP contribution in [0.2, 0.25) is 5.22 Å². The van der Waals surface area contributed by atoms with Gasteiger partial charge in [-0.3, -0.25) is 4.79 Å². The van der Waals surface area contributed by atoms with Crippen LogP contribution in [-0.2, 0) is 0 Å². The van der Waals surface area contributed by atoms with Crippen molar-refractivity contribution in [2.24, 2.45) is 0 Å². The Kier molecular flexibility index (Phi) is 5.35. The number of carbonyl (C=O) groups is 1. The molecule has 0 saturated heterocycles. The number of aliphatic hydroxyl groups is 1. The highest BCUT2D eigenvalue weighted by Gasteiger charge is 2.19. The number of amides is 1. The van der Waals surface area contributed by atoms with E-state index in [0.717, 1.165) is 12.8 Å². The lowest BCUT2D eigenvalue weighted by atomic mass is 10.2. The van der Waals surface area contributed by atoms with Crippen molar-refractivity contribution >= 4 is 17.5 Å². The van der Waals surface area contributed by atoms with E-state index in [-0.39, 0.29) is 17.7 Å². The Morgan fingerprint density at radius 2 is 2.31 bits per heavy atom. The molecule has 4 nitrogen and oxygen atoms in total. The number of hydrogen-bond donors (Lipinski definition) is 1. The fourth-order valence-corrected chi connectivity index (χ4v) is 1.60. The molecular formula is C11H16ClNO3. The van der Waals surface area contributed by atoms with Crippen molar-refractivity contribution in [2.75, 3.05) is 19.7 Å². The summed E-state index contributed by atoms with van der Waals surface area (Å²) in [4.78, 5) is 13.6. The molecule has 0 bridgehead atoms. The van der Waals surface area contributed by atoms with Crippen LogP contribution in [0.25, 0.3) is 0 Å². The lowest BCUT2D eigenvalue weighted by Crippen LogP contribution is -2.34. The molecule has 1 aromatic heterocycles. The zero-order chi connectivity index (χ0) is 12.0. The van der Waals surface area contributed by atoms with Crippen LogP contribution in [0, 0.1) is 0 Å². The van der Waals surface area contributed by atoms with Gasteiger partial charge in [0, 0.05) is 13.1 Å². The normalized spacial score (nSPS) is 10.4. The first-order valence-electron chi connectivity index (χ1n) is 5.33. The van der Waals surface area contributed by atoms with Gasteiger partial charge in [-0.15, -0.1) is 0 Å². The first kappa shape index (κ1) is 13.1. The molecule has 1 heterocycles. The summed E-state index contributed by atoms with van der Waals surface area (Å²) in [6, 6.07) is 1.54. The maximum absolute atomic E-state index is 12.0. The number of halogens is 1. The van der Waals surface area contributed by atoms with Crippen LogP contribution in [0.4, 0.5) is 0 Å². The Morgan fingerprint density at radius 1 is 1.56 bits per heavy atom. The van der Waals surface area contributed by atoms with Crippen LogP contribution in [0.5, 0.6) is 0 Å². The quantitative estimate of drug-likeness (QED) is 0.836. The van der Waals surface area contributed by atoms with Gasteiger partial charge in [0.25, 0.3) is 5.91 Å². The predicted octanol–water partition coefficient (Wildman–Crippen LogP) is 2.17. The van der Waals surface area contributed by atoms with Gasteiger partial charge in [0.1, 0.15) is 0 Å². The summed E-state index contributed by atoms with van der Waals surface area (Å²) in [5.41, 5.74) is 0.353. The van der Waals surface area contributed by atoms with E-state index >= 15 is 0 Å². The van der Waals surface area contributed by atoms with E-state index in [2.05, 4.69) is 0 Å². The second-order valence-corrected chi connectivity index (χ2v) is 3.82. The molecule has 0 atom stereocenters. The Morgan fingerprint density at radius 3 is 2.81 bits per heavy atom. The molecule has 0 aliphatic heterocycles. The topological polar surface area (TPSA) is 53.7 Å². The summed E-state index contributed by atoms with van der Waals surface area (Å²) in [6.07, 6.45) is 3.28. The van der Waals surface area contributed by atoms with Gasteiger partial charge in [0.05, 0.1) is 18.4 Å². The summed E-state index contributed by atoms with van der Waals surface area (Å²) in [6.45, 7) is 2.94. The second-order valence-electron chi connectivity index (χ2n) is 3.48. The summed E-state index contributed by atoms with van der Waals surface area (Å²) in [7, 11) is 0. The zero-order valence-electron chi connectivity index (χ0n) is 9.28. The Hall–Kier alpha value is -1.00. The molecule has 0 unspecified atom stereocenters. The van der Waals surface area contributed by atoms with Crippen molar-refractivity contribution < 1.29 is 14.3 Å². The van der Waals surface area contributed by atoms with Gasteiger partial charge in [-0.1, -0.05) is 13.3 Å². The number of furan rings is 1. The number of carbonyl (C=O) groups excluding carboxylic acids is 1. The van der Waals surface area contributed by atoms with Crippen LogP contribution in [0.1, 0.15) is 30.1 Å². The standard InChI is InChI=1S/C11H16ClNO3/c1-2-3-5-13(6-7-14)11(15)9-4-8-16-10(9)12/h4,8,14H,2-3,5-7H2,1H3. The average molecular weight is 246 g/mol. The first-order chi connectivity index (χ1) is 7.70. The Bertz CT molecular complexity index is 338. The fourth-order valence-electron chi connectivity index (χ4n) is 1.40. The molecule has 0 aliphatic carbocycles. The van der Waals surface area contributed by atoms with E-state index in [1.807, 2.05) is 6.92 Å². The molecule has 0 saturated carbocycles. The largest absolute Gasteiger partial charge is 0.452 e. The highest BCUT2D eigenvalue weighted by Crippen LogP contribution is 2.18. The second kappa shape index (κ2) is 6.55. The summed E-state index contributed by atoms with van der Waals surface area (Å²) < 4.78 is 4.87. The molecule has 1 rings (SSSR count). The van der Waals surface area contributed by atoms with Crippen molar-refractivity contribution in [3.05, 3.63) is 23.1 Å². The number of nitrogens with zero attached hydrogens (tertiary/aromatic N) is 1. The van der Waals surface area contributed by atoms with Crippen molar-refractivity contribution in [1.82, 2.24) is 4.90 Å². The predicted molar refractivity (Wildman–Crippen MR) is 61.6 cm³/mol. The van der Waals surface area contributed by atoms with Gasteiger partial charge in [-0.25, -0.2) is 0 Å². The van der Waals surface area contributed by atoms with Crippen LogP contribution in [0.15, 0.2) is 16.7 Å². The third-order valence-electron chi connectivity index (χ3n) is 2.29. The molecule has 0 fully saturated rings. The van der Waals surface area contributed by atoms with Gasteiger partial charge in [-0.2, -0.15) is 0 Å². The molecular weight excluding hydrogens is 230 g/mol. The smallest absolute Gasteiger partial charge is 0.258 e. The van der Waals surface area contributed by atoms with E-state index in [0.29, 0.717) is 18.7 Å². The molecule has 0 aromatic carbocycles. The van der Waals surface area contributed by atoms with Gasteiger partial charge < -0.3 is 14.4 Å². The number of rotatable bonds is 6. The third kappa shape index (κ3) is 3.25. The lowest BCUT2D eigenvalue weighted by Gasteiger charge is -2.20. The Balaban J connectivity index is 2.70. The molecule has 90 valence electrons. The summed E-state index contributed by atoms with van der Waals surface area (Å²) in [5, 5.41) is 9.00. The van der Waals surface area contributed by atoms with Crippen molar-refractivity contribution in [3.63, 3.8) is 0 Å². The Labute approximate surface area is 99.8 Å². The minimum Gasteiger partial charge on any atom is -0.452 e. The number of unbranched alkanes of at least 4 members (excludes halogenated alkanes) is 1. The maximum Gasteiger partial charge on any atom is 0.258 e. The van der Waals surface area contributed by atoms with Crippen LogP contribution < -0.4 is 0 Å². The SMILES string of the molecule is CCCCN(CCO)C(=O)c1ccoc1Cl. The monoisotopic (exact) mass is 245 g/mol. The average Bonchev–Trinajstić information content (AvgIpc) is 2.69. The van der Waals surface area contributed by atoms with E-state index in [1.54, 1.807) is 11.0 Å². The van der Waals surface area contributed by atoms with Crippen LogP contribution in [-0.4, -0.2) is 35.6 Å². The molecule has 1 amide bonds. The van der Waals surface area contributed by atoms with Gasteiger partial charge in [0.2, 0.25) is 5.22 Å². The van der Waals surface area contributed by atoms with Gasteiger partial charge in [0.15, 0.2) is 0 Å². The molecule has 1 aromatic rings. The van der Waals surface area contributed by atoms with Gasteiger partial charge in [-0.05, 0) is 24.1 Å². The van der Waals surface area contributed by atoms with E-state index < -0.39 is 0 Å². The van der Waals surface area contributed by atoms with Crippen LogP contribution >= 0.6 is 11.6 Å². The molecule has 16 heavy (non-hydrogen) atoms. The van der Waals surface area contributed by atoms with Crippen molar-refractivity contribution in [2.45, 2.75) is 19.8 Å². The molecule has 0 radical (unpaired) electrons. The minimum atomic E-state index is -0.193. The molecule has 5 heteroatoms. The third-order valence-corrected chi connectivity index (χ3v) is 2.58. The zero-order valence-corrected chi connectivity index (χ0v) is 10.0. The summed E-state index contributed by atoms with van der Waals surface area (Å²) in [5.74, 6) is -0.193. The number of aliphatic hydroxyl groups excluding tert-OH is 1. The van der Waals surface area contributed by atoms with E-state index in [1.165, 1.54) is 6.26 Å². The highest BCUT2D eigenvalue weighted by molar-refractivity contribution is 6.32. The highest BCUT2D eigenvalue weighted by atomic mass is 35.5. The first-order valence-corrected chi connectivity index (χ1v) is 5.71. The molecule has 1 N–H and O–H groups in total. The summed E-state index contributed by atoms with van der Waals surface area (Å²) >= 11 is 5.74. The van der Waals surface area contributed by atoms with E-state index in [4.69, 9.17) is 21.1 Å². The number of hydrogen-bond acceptors (Lipinski definition) is 3. The van der Waals surface area contributed by atoms with Gasteiger partial charge >= 0.3 is 0 Å². The van der Waals surface area contributed by atoms with Crippen molar-refractivity contribution in [3.8, 4) is 0 Å². The molecule has 0 spiro atoms. The van der Waals surface area contributed by atoms with E-state index in [9.17, 15) is 4.79 Å².